The minimum Gasteiger partial charge on any atom is -0.486 e. The van der Waals surface area contributed by atoms with Gasteiger partial charge in [0.2, 0.25) is 0 Å². The molecule has 0 bridgehead atoms. The molecule has 0 saturated carbocycles. The van der Waals surface area contributed by atoms with Gasteiger partial charge in [0.05, 0.1) is 11.9 Å². The van der Waals surface area contributed by atoms with Crippen molar-refractivity contribution in [3.8, 4) is 5.75 Å². The van der Waals surface area contributed by atoms with Crippen molar-refractivity contribution in [1.29, 1.82) is 0 Å². The maximum atomic E-state index is 5.51. The summed E-state index contributed by atoms with van der Waals surface area (Å²) in [7, 11) is 0. The van der Waals surface area contributed by atoms with Gasteiger partial charge in [-0.3, -0.25) is 4.98 Å². The number of anilines is 1. The van der Waals surface area contributed by atoms with E-state index in [9.17, 15) is 0 Å². The summed E-state index contributed by atoms with van der Waals surface area (Å²) in [5, 5.41) is 0. The van der Waals surface area contributed by atoms with Gasteiger partial charge in [-0.05, 0) is 30.7 Å². The molecule has 0 fully saturated rings. The van der Waals surface area contributed by atoms with Crippen LogP contribution in [0.1, 0.15) is 11.3 Å². The van der Waals surface area contributed by atoms with Crippen molar-refractivity contribution in [2.24, 2.45) is 0 Å². The van der Waals surface area contributed by atoms with E-state index in [1.165, 1.54) is 0 Å². The second kappa shape index (κ2) is 4.61. The Hall–Kier alpha value is -2.10. The van der Waals surface area contributed by atoms with E-state index in [4.69, 9.17) is 10.5 Å². The fourth-order valence-corrected chi connectivity index (χ4v) is 1.22. The van der Waals surface area contributed by atoms with E-state index >= 15 is 0 Å². The van der Waals surface area contributed by atoms with Crippen LogP contribution in [0, 0.1) is 6.92 Å². The first-order valence-electron chi connectivity index (χ1n) is 5.00. The van der Waals surface area contributed by atoms with Gasteiger partial charge in [0.1, 0.15) is 18.2 Å². The molecule has 0 aliphatic heterocycles. The Balaban J connectivity index is 1.97. The summed E-state index contributed by atoms with van der Waals surface area (Å²) in [5.41, 5.74) is 7.50. The molecule has 0 aliphatic rings. The lowest BCUT2D eigenvalue weighted by atomic mass is 10.3. The number of nitrogens with zero attached hydrogens (tertiary/aromatic N) is 2. The van der Waals surface area contributed by atoms with Crippen molar-refractivity contribution in [3.05, 3.63) is 47.9 Å². The van der Waals surface area contributed by atoms with E-state index < -0.39 is 0 Å². The highest BCUT2D eigenvalue weighted by Crippen LogP contribution is 2.11. The Morgan fingerprint density at radius 3 is 2.62 bits per heavy atom. The molecule has 0 aliphatic carbocycles. The summed E-state index contributed by atoms with van der Waals surface area (Å²) in [4.78, 5) is 8.18. The Morgan fingerprint density at radius 2 is 2.00 bits per heavy atom. The molecule has 4 nitrogen and oxygen atoms in total. The summed E-state index contributed by atoms with van der Waals surface area (Å²) in [6.07, 6.45) is 3.42. The molecule has 2 N–H and O–H groups in total. The molecule has 2 aromatic heterocycles. The topological polar surface area (TPSA) is 61.0 Å². The molecule has 0 aromatic carbocycles. The lowest BCUT2D eigenvalue weighted by Crippen LogP contribution is -1.99. The lowest BCUT2D eigenvalue weighted by molar-refractivity contribution is 0.300. The van der Waals surface area contributed by atoms with Gasteiger partial charge in [-0.1, -0.05) is 6.07 Å². The normalized spacial score (nSPS) is 10.1. The summed E-state index contributed by atoms with van der Waals surface area (Å²) < 4.78 is 5.51. The number of nitrogens with two attached hydrogens (primary N) is 1. The highest BCUT2D eigenvalue weighted by molar-refractivity contribution is 5.32. The molecular formula is C12H13N3O. The van der Waals surface area contributed by atoms with Crippen molar-refractivity contribution in [3.63, 3.8) is 0 Å². The lowest BCUT2D eigenvalue weighted by Gasteiger charge is -2.05. The maximum absolute atomic E-state index is 5.51. The van der Waals surface area contributed by atoms with Crippen LogP contribution in [0.5, 0.6) is 5.75 Å². The average molecular weight is 215 g/mol. The Bertz CT molecular complexity index is 405. The van der Waals surface area contributed by atoms with Crippen LogP contribution in [0.15, 0.2) is 36.7 Å². The van der Waals surface area contributed by atoms with E-state index in [0.29, 0.717) is 18.2 Å². The first kappa shape index (κ1) is 10.4. The van der Waals surface area contributed by atoms with Gasteiger partial charge in [0.25, 0.3) is 0 Å². The minimum absolute atomic E-state index is 0.436. The fraction of sp³-hybridized carbons (Fsp3) is 0.167. The van der Waals surface area contributed by atoms with Gasteiger partial charge in [-0.25, -0.2) is 4.98 Å². The van der Waals surface area contributed by atoms with Gasteiger partial charge in [0.15, 0.2) is 0 Å². The summed E-state index contributed by atoms with van der Waals surface area (Å²) in [6, 6.07) is 7.45. The fourth-order valence-electron chi connectivity index (χ4n) is 1.22. The number of pyridine rings is 2. The van der Waals surface area contributed by atoms with Crippen LogP contribution in [0.2, 0.25) is 0 Å². The quantitative estimate of drug-likeness (QED) is 0.850. The minimum atomic E-state index is 0.436. The smallest absolute Gasteiger partial charge is 0.138 e. The largest absolute Gasteiger partial charge is 0.486 e. The molecule has 0 amide bonds. The molecule has 0 saturated heterocycles. The van der Waals surface area contributed by atoms with E-state index in [0.717, 1.165) is 11.3 Å². The van der Waals surface area contributed by atoms with Crippen LogP contribution < -0.4 is 10.5 Å². The van der Waals surface area contributed by atoms with E-state index in [1.54, 1.807) is 18.3 Å². The zero-order chi connectivity index (χ0) is 11.4. The predicted molar refractivity (Wildman–Crippen MR) is 62.0 cm³/mol. The first-order valence-corrected chi connectivity index (χ1v) is 5.00. The third kappa shape index (κ3) is 2.70. The predicted octanol–water partition coefficient (Wildman–Crippen LogP) is 1.95. The molecule has 16 heavy (non-hydrogen) atoms. The first-order chi connectivity index (χ1) is 7.74. The third-order valence-electron chi connectivity index (χ3n) is 2.12. The highest BCUT2D eigenvalue weighted by Gasteiger charge is 1.97. The van der Waals surface area contributed by atoms with Crippen molar-refractivity contribution >= 4 is 5.82 Å². The Morgan fingerprint density at radius 1 is 1.12 bits per heavy atom. The molecule has 4 heteroatoms. The number of hydrogen-bond acceptors (Lipinski definition) is 4. The van der Waals surface area contributed by atoms with Gasteiger partial charge >= 0.3 is 0 Å². The van der Waals surface area contributed by atoms with Crippen LogP contribution in [-0.2, 0) is 6.61 Å². The number of aryl methyl sites for hydroxylation is 1. The van der Waals surface area contributed by atoms with Crippen LogP contribution in [0.4, 0.5) is 5.82 Å². The molecule has 0 atom stereocenters. The van der Waals surface area contributed by atoms with Crippen molar-refractivity contribution in [2.75, 3.05) is 5.73 Å². The number of nitrogen functional groups attached to an aromatic ring is 1. The average Bonchev–Trinajstić information content (AvgIpc) is 2.30. The van der Waals surface area contributed by atoms with Gasteiger partial charge < -0.3 is 10.5 Å². The standard InChI is InChI=1S/C12H13N3O/c1-9-2-3-10(14-6-9)8-16-11-4-5-12(13)15-7-11/h2-7H,8H2,1H3,(H2,13,15). The van der Waals surface area contributed by atoms with Crippen LogP contribution >= 0.6 is 0 Å². The zero-order valence-corrected chi connectivity index (χ0v) is 9.05. The molecular weight excluding hydrogens is 202 g/mol. The molecule has 2 rings (SSSR count). The van der Waals surface area contributed by atoms with E-state index in [1.807, 2.05) is 25.3 Å². The Kier molecular flexibility index (Phi) is 3.00. The maximum Gasteiger partial charge on any atom is 0.138 e. The second-order valence-corrected chi connectivity index (χ2v) is 3.53. The van der Waals surface area contributed by atoms with Crippen molar-refractivity contribution in [2.45, 2.75) is 13.5 Å². The summed E-state index contributed by atoms with van der Waals surface area (Å²) >= 11 is 0. The molecule has 2 aromatic rings. The molecule has 0 unspecified atom stereocenters. The van der Waals surface area contributed by atoms with E-state index in [2.05, 4.69) is 9.97 Å². The number of rotatable bonds is 3. The molecule has 2 heterocycles. The summed E-state index contributed by atoms with van der Waals surface area (Å²) in [6.45, 7) is 2.44. The summed E-state index contributed by atoms with van der Waals surface area (Å²) in [5.74, 6) is 1.18. The van der Waals surface area contributed by atoms with Crippen LogP contribution in [-0.4, -0.2) is 9.97 Å². The number of ether oxygens (including phenoxy) is 1. The molecule has 0 radical (unpaired) electrons. The number of hydrogen-bond donors (Lipinski definition) is 1. The van der Waals surface area contributed by atoms with E-state index in [-0.39, 0.29) is 0 Å². The van der Waals surface area contributed by atoms with Crippen LogP contribution in [0.3, 0.4) is 0 Å². The van der Waals surface area contributed by atoms with Gasteiger partial charge in [0, 0.05) is 6.20 Å². The molecule has 0 spiro atoms. The number of aromatic nitrogens is 2. The Labute approximate surface area is 94.1 Å². The monoisotopic (exact) mass is 215 g/mol. The second-order valence-electron chi connectivity index (χ2n) is 3.53. The van der Waals surface area contributed by atoms with Crippen molar-refractivity contribution in [1.82, 2.24) is 9.97 Å². The third-order valence-corrected chi connectivity index (χ3v) is 2.12. The molecule has 82 valence electrons. The SMILES string of the molecule is Cc1ccc(COc2ccc(N)nc2)nc1. The van der Waals surface area contributed by atoms with Crippen molar-refractivity contribution < 1.29 is 4.74 Å². The highest BCUT2D eigenvalue weighted by atomic mass is 16.5. The van der Waals surface area contributed by atoms with Gasteiger partial charge in [-0.2, -0.15) is 0 Å². The van der Waals surface area contributed by atoms with Gasteiger partial charge in [-0.15, -0.1) is 0 Å². The zero-order valence-electron chi connectivity index (χ0n) is 9.05. The van der Waals surface area contributed by atoms with Crippen LogP contribution in [0.25, 0.3) is 0 Å².